The summed E-state index contributed by atoms with van der Waals surface area (Å²) in [5.74, 6) is 5.32. The van der Waals surface area contributed by atoms with Gasteiger partial charge in [0.15, 0.2) is 0 Å². The Hall–Kier alpha value is -0.630. The van der Waals surface area contributed by atoms with Crippen LogP contribution in [-0.2, 0) is 0 Å². The van der Waals surface area contributed by atoms with Crippen molar-refractivity contribution in [2.24, 2.45) is 0 Å². The van der Waals surface area contributed by atoms with E-state index in [9.17, 15) is 0 Å². The van der Waals surface area contributed by atoms with Gasteiger partial charge in [-0.15, -0.1) is 18.2 Å². The highest BCUT2D eigenvalue weighted by molar-refractivity contribution is 9.10. The summed E-state index contributed by atoms with van der Waals surface area (Å²) in [5.41, 5.74) is 0. The van der Waals surface area contributed by atoms with E-state index < -0.39 is 0 Å². The molecule has 1 aromatic carbocycles. The summed E-state index contributed by atoms with van der Waals surface area (Å²) >= 11 is 5.17. The lowest BCUT2D eigenvalue weighted by atomic mass is 10.3. The van der Waals surface area contributed by atoms with Crippen LogP contribution >= 0.6 is 27.7 Å². The zero-order chi connectivity index (χ0) is 12.3. The average Bonchev–Trinajstić information content (AvgIpc) is 2.33. The molecule has 0 amide bonds. The second-order valence-electron chi connectivity index (χ2n) is 3.31. The van der Waals surface area contributed by atoms with Crippen molar-refractivity contribution in [2.75, 3.05) is 31.2 Å². The van der Waals surface area contributed by atoms with Gasteiger partial charge in [0, 0.05) is 23.3 Å². The zero-order valence-electron chi connectivity index (χ0n) is 9.62. The van der Waals surface area contributed by atoms with E-state index in [0.29, 0.717) is 6.61 Å². The van der Waals surface area contributed by atoms with Crippen LogP contribution in [0.2, 0.25) is 0 Å². The Morgan fingerprint density at radius 1 is 1.41 bits per heavy atom. The number of hydrogen-bond donors (Lipinski definition) is 1. The lowest BCUT2D eigenvalue weighted by Crippen LogP contribution is -2.23. The van der Waals surface area contributed by atoms with Crippen LogP contribution in [-0.4, -0.2) is 31.2 Å². The third-order valence-corrected chi connectivity index (χ3v) is 3.31. The number of halogens is 1. The van der Waals surface area contributed by atoms with Crippen molar-refractivity contribution in [3.63, 3.8) is 0 Å². The average molecular weight is 314 g/mol. The van der Waals surface area contributed by atoms with Gasteiger partial charge in [-0.1, -0.05) is 27.9 Å². The molecule has 92 valence electrons. The first-order chi connectivity index (χ1) is 8.33. The molecule has 0 bridgehead atoms. The largest absolute Gasteiger partial charge is 0.492 e. The molecule has 0 aromatic heterocycles. The topological polar surface area (TPSA) is 21.3 Å². The van der Waals surface area contributed by atoms with Gasteiger partial charge < -0.3 is 10.1 Å². The first kappa shape index (κ1) is 14.4. The molecule has 4 heteroatoms. The summed E-state index contributed by atoms with van der Waals surface area (Å²) in [4.78, 5) is 0. The zero-order valence-corrected chi connectivity index (χ0v) is 12.0. The normalized spacial score (nSPS) is 9.88. The third kappa shape index (κ3) is 7.32. The minimum Gasteiger partial charge on any atom is -0.492 e. The van der Waals surface area contributed by atoms with Crippen LogP contribution in [0.3, 0.4) is 0 Å². The summed E-state index contributed by atoms with van der Waals surface area (Å²) in [6.07, 6.45) is 5.15. The van der Waals surface area contributed by atoms with E-state index >= 15 is 0 Å². The number of nitrogens with one attached hydrogen (secondary N) is 1. The minimum absolute atomic E-state index is 0.677. The highest BCUT2D eigenvalue weighted by Gasteiger charge is 1.94. The van der Waals surface area contributed by atoms with Gasteiger partial charge in [-0.3, -0.25) is 0 Å². The van der Waals surface area contributed by atoms with Crippen LogP contribution in [0.15, 0.2) is 28.7 Å². The molecule has 0 spiro atoms. The van der Waals surface area contributed by atoms with Crippen molar-refractivity contribution in [2.45, 2.75) is 0 Å². The fourth-order valence-corrected chi connectivity index (χ4v) is 2.13. The van der Waals surface area contributed by atoms with Gasteiger partial charge in [-0.05, 0) is 18.2 Å². The molecule has 2 nitrogen and oxygen atoms in total. The van der Waals surface area contributed by atoms with Crippen LogP contribution in [0, 0.1) is 12.3 Å². The van der Waals surface area contributed by atoms with E-state index in [-0.39, 0.29) is 0 Å². The molecule has 0 atom stereocenters. The van der Waals surface area contributed by atoms with Crippen molar-refractivity contribution in [3.05, 3.63) is 28.7 Å². The Labute approximate surface area is 116 Å². The lowest BCUT2D eigenvalue weighted by molar-refractivity contribution is 0.315. The molecular formula is C13H16BrNOS. The maximum Gasteiger partial charge on any atom is 0.120 e. The van der Waals surface area contributed by atoms with Crippen LogP contribution in [0.4, 0.5) is 0 Å². The maximum atomic E-state index is 5.58. The Bertz CT molecular complexity index is 365. The molecule has 0 aliphatic heterocycles. The number of terminal acetylenes is 1. The smallest absolute Gasteiger partial charge is 0.120 e. The second kappa shape index (κ2) is 9.41. The van der Waals surface area contributed by atoms with Crippen molar-refractivity contribution < 1.29 is 4.74 Å². The Morgan fingerprint density at radius 3 is 3.06 bits per heavy atom. The summed E-state index contributed by atoms with van der Waals surface area (Å²) < 4.78 is 6.62. The number of ether oxygens (including phenoxy) is 1. The molecule has 17 heavy (non-hydrogen) atoms. The molecule has 1 N–H and O–H groups in total. The van der Waals surface area contributed by atoms with Crippen LogP contribution in [0.5, 0.6) is 5.75 Å². The standard InChI is InChI=1S/C13H16BrNOS/c1-2-9-17-10-7-15-6-8-16-13-5-3-4-12(14)11-13/h1,3-5,11,15H,6-10H2. The Balaban J connectivity index is 1.99. The predicted octanol–water partition coefficient (Wildman–Crippen LogP) is 2.78. The van der Waals surface area contributed by atoms with Crippen LogP contribution < -0.4 is 10.1 Å². The van der Waals surface area contributed by atoms with Crippen molar-refractivity contribution in [1.29, 1.82) is 0 Å². The number of benzene rings is 1. The van der Waals surface area contributed by atoms with Gasteiger partial charge >= 0.3 is 0 Å². The molecule has 0 fully saturated rings. The Kier molecular flexibility index (Phi) is 7.98. The fourth-order valence-electron chi connectivity index (χ4n) is 1.20. The maximum absolute atomic E-state index is 5.58. The predicted molar refractivity (Wildman–Crippen MR) is 78.7 cm³/mol. The minimum atomic E-state index is 0.677. The van der Waals surface area contributed by atoms with E-state index in [1.165, 1.54) is 0 Å². The van der Waals surface area contributed by atoms with E-state index in [1.54, 1.807) is 11.8 Å². The quantitative estimate of drug-likeness (QED) is 0.589. The SMILES string of the molecule is C#CCSCCNCCOc1cccc(Br)c1. The van der Waals surface area contributed by atoms with E-state index in [4.69, 9.17) is 11.2 Å². The highest BCUT2D eigenvalue weighted by atomic mass is 79.9. The van der Waals surface area contributed by atoms with Gasteiger partial charge in [0.2, 0.25) is 0 Å². The monoisotopic (exact) mass is 313 g/mol. The fraction of sp³-hybridized carbons (Fsp3) is 0.385. The van der Waals surface area contributed by atoms with Gasteiger partial charge in [0.1, 0.15) is 12.4 Å². The van der Waals surface area contributed by atoms with Crippen LogP contribution in [0.25, 0.3) is 0 Å². The molecule has 0 saturated carbocycles. The molecule has 0 saturated heterocycles. The molecular weight excluding hydrogens is 298 g/mol. The summed E-state index contributed by atoms with van der Waals surface area (Å²) in [7, 11) is 0. The van der Waals surface area contributed by atoms with E-state index in [0.717, 1.165) is 34.8 Å². The highest BCUT2D eigenvalue weighted by Crippen LogP contribution is 2.17. The second-order valence-corrected chi connectivity index (χ2v) is 5.33. The molecule has 0 radical (unpaired) electrons. The molecule has 1 aromatic rings. The van der Waals surface area contributed by atoms with Gasteiger partial charge in [0.25, 0.3) is 0 Å². The summed E-state index contributed by atoms with van der Waals surface area (Å²) in [5, 5.41) is 3.30. The van der Waals surface area contributed by atoms with Crippen molar-refractivity contribution in [1.82, 2.24) is 5.32 Å². The van der Waals surface area contributed by atoms with Crippen LogP contribution in [0.1, 0.15) is 0 Å². The molecule has 0 heterocycles. The Morgan fingerprint density at radius 2 is 2.29 bits per heavy atom. The first-order valence-corrected chi connectivity index (χ1v) is 7.38. The van der Waals surface area contributed by atoms with Gasteiger partial charge in [0.05, 0.1) is 5.75 Å². The third-order valence-electron chi connectivity index (χ3n) is 1.95. The number of rotatable bonds is 8. The summed E-state index contributed by atoms with van der Waals surface area (Å²) in [6, 6.07) is 7.85. The molecule has 0 unspecified atom stereocenters. The summed E-state index contributed by atoms with van der Waals surface area (Å²) in [6.45, 7) is 2.49. The van der Waals surface area contributed by atoms with Crippen molar-refractivity contribution >= 4 is 27.7 Å². The van der Waals surface area contributed by atoms with Gasteiger partial charge in [-0.2, -0.15) is 0 Å². The molecule has 0 aliphatic rings. The van der Waals surface area contributed by atoms with E-state index in [2.05, 4.69) is 27.2 Å². The molecule has 1 rings (SSSR count). The lowest BCUT2D eigenvalue weighted by Gasteiger charge is -2.07. The van der Waals surface area contributed by atoms with E-state index in [1.807, 2.05) is 24.3 Å². The first-order valence-electron chi connectivity index (χ1n) is 5.43. The molecule has 0 aliphatic carbocycles. The number of hydrogen-bond acceptors (Lipinski definition) is 3. The number of thioether (sulfide) groups is 1. The van der Waals surface area contributed by atoms with Crippen molar-refractivity contribution in [3.8, 4) is 18.1 Å². The van der Waals surface area contributed by atoms with Gasteiger partial charge in [-0.25, -0.2) is 0 Å².